The third-order valence-electron chi connectivity index (χ3n) is 5.56. The maximum absolute atomic E-state index is 3.78. The number of rotatable bonds is 6. The molecular weight excluding hydrogens is 232 g/mol. The van der Waals surface area contributed by atoms with Crippen molar-refractivity contribution < 1.29 is 0 Å². The highest BCUT2D eigenvalue weighted by Gasteiger charge is 2.24. The molecular formula is C17H32N2. The molecule has 0 radical (unpaired) electrons. The molecule has 0 atom stereocenters. The summed E-state index contributed by atoms with van der Waals surface area (Å²) < 4.78 is 0. The number of nitrogens with zero attached hydrogens (tertiary/aromatic N) is 1. The molecule has 2 nitrogen and oxygen atoms in total. The molecule has 1 aliphatic heterocycles. The summed E-state index contributed by atoms with van der Waals surface area (Å²) in [5.74, 6) is 2.09. The van der Waals surface area contributed by atoms with Crippen LogP contribution in [0.1, 0.15) is 64.2 Å². The van der Waals surface area contributed by atoms with Gasteiger partial charge in [-0.05, 0) is 70.1 Å². The molecule has 0 aromatic carbocycles. The summed E-state index contributed by atoms with van der Waals surface area (Å²) in [5, 5.41) is 3.78. The van der Waals surface area contributed by atoms with Crippen LogP contribution >= 0.6 is 0 Å². The second-order valence-corrected chi connectivity index (χ2v) is 7.26. The normalized spacial score (nSPS) is 27.8. The fourth-order valence-corrected chi connectivity index (χ4v) is 3.86. The summed E-state index contributed by atoms with van der Waals surface area (Å²) in [4.78, 5) is 2.73. The first-order valence-corrected chi connectivity index (χ1v) is 8.86. The molecule has 2 heteroatoms. The van der Waals surface area contributed by atoms with E-state index in [-0.39, 0.29) is 0 Å². The van der Waals surface area contributed by atoms with Gasteiger partial charge in [-0.3, -0.25) is 0 Å². The Morgan fingerprint density at radius 3 is 2.21 bits per heavy atom. The molecule has 0 aromatic rings. The van der Waals surface area contributed by atoms with Gasteiger partial charge >= 0.3 is 0 Å². The van der Waals surface area contributed by atoms with E-state index in [2.05, 4.69) is 10.2 Å². The molecule has 0 aromatic heterocycles. The maximum Gasteiger partial charge on any atom is 0.00915 e. The van der Waals surface area contributed by atoms with Gasteiger partial charge in [0.25, 0.3) is 0 Å². The minimum absolute atomic E-state index is 0.825. The summed E-state index contributed by atoms with van der Waals surface area (Å²) >= 11 is 0. The first-order valence-electron chi connectivity index (χ1n) is 8.86. The highest BCUT2D eigenvalue weighted by atomic mass is 15.1. The Morgan fingerprint density at radius 1 is 0.789 bits per heavy atom. The van der Waals surface area contributed by atoms with E-state index in [9.17, 15) is 0 Å². The molecule has 0 spiro atoms. The number of piperidine rings is 1. The van der Waals surface area contributed by atoms with E-state index in [0.717, 1.165) is 17.9 Å². The topological polar surface area (TPSA) is 15.3 Å². The van der Waals surface area contributed by atoms with Crippen LogP contribution in [0.4, 0.5) is 0 Å². The first kappa shape index (κ1) is 13.9. The van der Waals surface area contributed by atoms with Crippen LogP contribution in [-0.2, 0) is 0 Å². The molecule has 1 saturated heterocycles. The predicted molar refractivity (Wildman–Crippen MR) is 81.4 cm³/mol. The van der Waals surface area contributed by atoms with E-state index in [1.807, 2.05) is 0 Å². The standard InChI is InChI=1S/C17H32N2/c1-2-4-15(5-3-1)8-11-19-12-9-17(10-13-19)18-14-16-6-7-16/h15-18H,1-14H2. The summed E-state index contributed by atoms with van der Waals surface area (Å²) in [6.45, 7) is 5.36. The van der Waals surface area contributed by atoms with Crippen molar-refractivity contribution in [3.05, 3.63) is 0 Å². The smallest absolute Gasteiger partial charge is 0.00915 e. The summed E-state index contributed by atoms with van der Waals surface area (Å²) in [6.07, 6.45) is 14.7. The number of nitrogens with one attached hydrogen (secondary N) is 1. The van der Waals surface area contributed by atoms with Gasteiger partial charge < -0.3 is 10.2 Å². The average molecular weight is 264 g/mol. The number of likely N-dealkylation sites (tertiary alicyclic amines) is 1. The lowest BCUT2D eigenvalue weighted by Gasteiger charge is -2.33. The molecule has 0 bridgehead atoms. The average Bonchev–Trinajstić information content (AvgIpc) is 3.29. The first-order chi connectivity index (χ1) is 9.40. The molecule has 3 aliphatic rings. The van der Waals surface area contributed by atoms with Gasteiger partial charge in [-0.15, -0.1) is 0 Å². The summed E-state index contributed by atoms with van der Waals surface area (Å²) in [5.41, 5.74) is 0. The third kappa shape index (κ3) is 4.75. The highest BCUT2D eigenvalue weighted by molar-refractivity contribution is 4.82. The minimum Gasteiger partial charge on any atom is -0.314 e. The molecule has 2 aliphatic carbocycles. The third-order valence-corrected chi connectivity index (χ3v) is 5.56. The minimum atomic E-state index is 0.825. The molecule has 3 fully saturated rings. The fourth-order valence-electron chi connectivity index (χ4n) is 3.86. The molecule has 2 saturated carbocycles. The van der Waals surface area contributed by atoms with E-state index in [4.69, 9.17) is 0 Å². The van der Waals surface area contributed by atoms with Crippen LogP contribution < -0.4 is 5.32 Å². The monoisotopic (exact) mass is 264 g/mol. The van der Waals surface area contributed by atoms with Gasteiger partial charge in [0.05, 0.1) is 0 Å². The van der Waals surface area contributed by atoms with Crippen molar-refractivity contribution in [2.24, 2.45) is 11.8 Å². The lowest BCUT2D eigenvalue weighted by Crippen LogP contribution is -2.43. The van der Waals surface area contributed by atoms with Gasteiger partial charge in [-0.2, -0.15) is 0 Å². The van der Waals surface area contributed by atoms with Crippen LogP contribution in [0.25, 0.3) is 0 Å². The zero-order valence-electron chi connectivity index (χ0n) is 12.6. The Kier molecular flexibility index (Phi) is 5.17. The van der Waals surface area contributed by atoms with E-state index in [1.54, 1.807) is 0 Å². The van der Waals surface area contributed by atoms with Gasteiger partial charge in [0.15, 0.2) is 0 Å². The zero-order valence-corrected chi connectivity index (χ0v) is 12.6. The van der Waals surface area contributed by atoms with Crippen LogP contribution in [0, 0.1) is 11.8 Å². The molecule has 3 rings (SSSR count). The zero-order chi connectivity index (χ0) is 12.9. The van der Waals surface area contributed by atoms with E-state index >= 15 is 0 Å². The van der Waals surface area contributed by atoms with Crippen molar-refractivity contribution in [2.75, 3.05) is 26.2 Å². The molecule has 1 N–H and O–H groups in total. The molecule has 0 unspecified atom stereocenters. The van der Waals surface area contributed by atoms with Crippen LogP contribution in [-0.4, -0.2) is 37.1 Å². The highest BCUT2D eigenvalue weighted by Crippen LogP contribution is 2.28. The fraction of sp³-hybridized carbons (Fsp3) is 1.00. The number of hydrogen-bond acceptors (Lipinski definition) is 2. The second kappa shape index (κ2) is 7.08. The van der Waals surface area contributed by atoms with Crippen molar-refractivity contribution in [1.82, 2.24) is 10.2 Å². The van der Waals surface area contributed by atoms with Gasteiger partial charge in [-0.1, -0.05) is 32.1 Å². The lowest BCUT2D eigenvalue weighted by molar-refractivity contribution is 0.178. The quantitative estimate of drug-likeness (QED) is 0.791. The van der Waals surface area contributed by atoms with Crippen molar-refractivity contribution in [3.8, 4) is 0 Å². The SMILES string of the molecule is C1CCC(CCN2CCC(NCC3CC3)CC2)CC1. The Balaban J connectivity index is 1.26. The predicted octanol–water partition coefficient (Wildman–Crippen LogP) is 3.42. The second-order valence-electron chi connectivity index (χ2n) is 7.26. The lowest BCUT2D eigenvalue weighted by atomic mass is 9.87. The van der Waals surface area contributed by atoms with Crippen LogP contribution in [0.2, 0.25) is 0 Å². The van der Waals surface area contributed by atoms with Gasteiger partial charge in [0, 0.05) is 6.04 Å². The Bertz CT molecular complexity index is 248. The van der Waals surface area contributed by atoms with E-state index < -0.39 is 0 Å². The number of hydrogen-bond donors (Lipinski definition) is 1. The van der Waals surface area contributed by atoms with E-state index in [1.165, 1.54) is 90.4 Å². The maximum atomic E-state index is 3.78. The van der Waals surface area contributed by atoms with Crippen molar-refractivity contribution in [3.63, 3.8) is 0 Å². The van der Waals surface area contributed by atoms with Crippen LogP contribution in [0.5, 0.6) is 0 Å². The Morgan fingerprint density at radius 2 is 1.53 bits per heavy atom. The van der Waals surface area contributed by atoms with Gasteiger partial charge in [-0.25, -0.2) is 0 Å². The molecule has 19 heavy (non-hydrogen) atoms. The Hall–Kier alpha value is -0.0800. The van der Waals surface area contributed by atoms with Crippen molar-refractivity contribution in [1.29, 1.82) is 0 Å². The largest absolute Gasteiger partial charge is 0.314 e. The van der Waals surface area contributed by atoms with Crippen LogP contribution in [0.15, 0.2) is 0 Å². The summed E-state index contributed by atoms with van der Waals surface area (Å²) in [7, 11) is 0. The van der Waals surface area contributed by atoms with Gasteiger partial charge in [0.2, 0.25) is 0 Å². The molecule has 1 heterocycles. The van der Waals surface area contributed by atoms with E-state index in [0.29, 0.717) is 0 Å². The van der Waals surface area contributed by atoms with Crippen molar-refractivity contribution in [2.45, 2.75) is 70.3 Å². The molecule has 110 valence electrons. The van der Waals surface area contributed by atoms with Gasteiger partial charge in [0.1, 0.15) is 0 Å². The molecule has 0 amide bonds. The van der Waals surface area contributed by atoms with Crippen molar-refractivity contribution >= 4 is 0 Å². The van der Waals surface area contributed by atoms with Crippen LogP contribution in [0.3, 0.4) is 0 Å². The summed E-state index contributed by atoms with van der Waals surface area (Å²) in [6, 6.07) is 0.825. The Labute approximate surface area is 119 Å².